The second-order valence-corrected chi connectivity index (χ2v) is 12.8. The summed E-state index contributed by atoms with van der Waals surface area (Å²) in [6, 6.07) is 0. The number of nitrogens with zero attached hydrogens (tertiary/aromatic N) is 1. The largest absolute Gasteiger partial charge is 0.870 e. The molecule has 0 atom stereocenters. The van der Waals surface area contributed by atoms with E-state index in [0.717, 1.165) is 0 Å². The number of hydrogen-bond acceptors (Lipinski definition) is 9. The molecular weight excluding hydrogens is 350 g/mol. The lowest BCUT2D eigenvalue weighted by Crippen LogP contribution is -2.61. The molecule has 15 heteroatoms. The van der Waals surface area contributed by atoms with E-state index in [2.05, 4.69) is 0 Å². The number of quaternary nitrogens is 1. The van der Waals surface area contributed by atoms with Gasteiger partial charge in [-0.15, -0.1) is 0 Å². The Morgan fingerprint density at radius 3 is 0.632 bits per heavy atom. The maximum Gasteiger partial charge on any atom is 0.338 e. The highest BCUT2D eigenvalue weighted by atomic mass is 32.4. The molecule has 0 saturated carbocycles. The van der Waals surface area contributed by atoms with Gasteiger partial charge in [-0.2, -0.15) is 33.7 Å². The van der Waals surface area contributed by atoms with Crippen LogP contribution in [-0.4, -0.2) is 71.8 Å². The Morgan fingerprint density at radius 2 is 0.632 bits per heavy atom. The Bertz CT molecular complexity index is 590. The Balaban J connectivity index is -0.00000128. The molecule has 0 saturated heterocycles. The minimum Gasteiger partial charge on any atom is -0.870 e. The van der Waals surface area contributed by atoms with Gasteiger partial charge in [-0.25, -0.2) is 0 Å². The molecule has 0 aromatic heterocycles. The van der Waals surface area contributed by atoms with Crippen molar-refractivity contribution in [3.63, 3.8) is 0 Å². The van der Waals surface area contributed by atoms with Crippen molar-refractivity contribution in [1.29, 1.82) is 0 Å². The molecule has 11 nitrogen and oxygen atoms in total. The Hall–Kier alpha value is -0.320. The highest BCUT2D eigenvalue weighted by Gasteiger charge is 2.66. The summed E-state index contributed by atoms with van der Waals surface area (Å²) in [5.74, 6) is 0. The zero-order valence-electron chi connectivity index (χ0n) is 10.3. The van der Waals surface area contributed by atoms with E-state index < -0.39 is 42.2 Å². The number of sulfonamides is 4. The molecule has 0 unspecified atom stereocenters. The fraction of sp³-hybridized carbons (Fsp3) is 1.00. The molecule has 0 radical (unpaired) electrons. The van der Waals surface area contributed by atoms with Crippen LogP contribution in [0.15, 0.2) is 0 Å². The Morgan fingerprint density at radius 1 is 0.526 bits per heavy atom. The number of hydrogen-bond donors (Lipinski definition) is 0. The zero-order valence-corrected chi connectivity index (χ0v) is 13.6. The third-order valence-electron chi connectivity index (χ3n) is 1.62. The minimum absolute atomic E-state index is 0. The average Bonchev–Trinajstić information content (AvgIpc) is 1.67. The van der Waals surface area contributed by atoms with Gasteiger partial charge in [-0.1, -0.05) is 0 Å². The second kappa shape index (κ2) is 5.58. The Labute approximate surface area is 112 Å². The average molecular weight is 365 g/mol. The zero-order chi connectivity index (χ0) is 14.5. The van der Waals surface area contributed by atoms with Crippen molar-refractivity contribution in [3.05, 3.63) is 0 Å². The van der Waals surface area contributed by atoms with E-state index in [1.807, 2.05) is 0 Å². The molecule has 0 spiro atoms. The van der Waals surface area contributed by atoms with Crippen LogP contribution in [0.3, 0.4) is 0 Å². The molecule has 0 aliphatic rings. The first-order valence-electron chi connectivity index (χ1n) is 3.70. The highest BCUT2D eigenvalue weighted by Crippen LogP contribution is 2.30. The van der Waals surface area contributed by atoms with E-state index in [-0.39, 0.29) is 36.0 Å². The predicted octanol–water partition coefficient (Wildman–Crippen LogP) is -3.36. The van der Waals surface area contributed by atoms with Crippen LogP contribution < -0.4 is 0 Å². The van der Waals surface area contributed by atoms with Crippen molar-refractivity contribution in [2.45, 2.75) is 0 Å². The monoisotopic (exact) mass is 365 g/mol. The molecule has 0 aliphatic carbocycles. The molecule has 0 heterocycles. The van der Waals surface area contributed by atoms with Gasteiger partial charge in [0.15, 0.2) is 0 Å². The lowest BCUT2D eigenvalue weighted by Gasteiger charge is -2.26. The number of rotatable bonds is 4. The van der Waals surface area contributed by atoms with Gasteiger partial charge in [0, 0.05) is 0 Å². The van der Waals surface area contributed by atoms with Gasteiger partial charge in [0.1, 0.15) is 0 Å². The van der Waals surface area contributed by atoms with Gasteiger partial charge in [0.2, 0.25) is 0 Å². The van der Waals surface area contributed by atoms with Crippen LogP contribution in [0.25, 0.3) is 0 Å². The predicted molar refractivity (Wildman–Crippen MR) is 65.2 cm³/mol. The summed E-state index contributed by atoms with van der Waals surface area (Å²) in [6.07, 6.45) is 0.874. The Kier molecular flexibility index (Phi) is 6.98. The summed E-state index contributed by atoms with van der Waals surface area (Å²) < 4.78 is 88.4. The fourth-order valence-corrected chi connectivity index (χ4v) is 13.3. The normalized spacial score (nSPS) is 14.1. The molecule has 0 amide bonds. The van der Waals surface area contributed by atoms with Crippen molar-refractivity contribution < 1.29 is 46.7 Å². The van der Waals surface area contributed by atoms with Crippen molar-refractivity contribution in [3.8, 4) is 0 Å². The molecule has 19 heavy (non-hydrogen) atoms. The molecule has 0 fully saturated rings. The summed E-state index contributed by atoms with van der Waals surface area (Å²) in [4.78, 5) is 0. The molecule has 0 aromatic rings. The topological polar surface area (TPSA) is 198 Å². The lowest BCUT2D eigenvalue weighted by molar-refractivity contribution is -0.352. The first kappa shape index (κ1) is 23.7. The highest BCUT2D eigenvalue weighted by molar-refractivity contribution is 8.19. The van der Waals surface area contributed by atoms with Gasteiger partial charge in [0.05, 0.1) is 27.1 Å². The van der Waals surface area contributed by atoms with Crippen molar-refractivity contribution >= 4 is 40.1 Å². The maximum atomic E-state index is 11.4. The third kappa shape index (κ3) is 3.41. The quantitative estimate of drug-likeness (QED) is 0.456. The van der Waals surface area contributed by atoms with E-state index in [0.29, 0.717) is 0 Å². The van der Waals surface area contributed by atoms with Crippen LogP contribution >= 0.6 is 0 Å². The van der Waals surface area contributed by atoms with E-state index in [1.165, 1.54) is 0 Å². The minimum atomic E-state index is -5.03. The van der Waals surface area contributed by atoms with Crippen LogP contribution in [0, 0.1) is 0 Å². The van der Waals surface area contributed by atoms with E-state index in [1.54, 1.807) is 0 Å². The SMILES string of the molecule is CS(=O)(=O)[N+](S(C)(=O)=O)(S(C)(=O)=O)S(C)(=O)=O.O.[OH-]. The molecule has 0 aliphatic heterocycles. The van der Waals surface area contributed by atoms with Gasteiger partial charge in [0.25, 0.3) is 0 Å². The second-order valence-electron chi connectivity index (χ2n) is 3.38. The van der Waals surface area contributed by atoms with Crippen LogP contribution in [-0.2, 0) is 40.1 Å². The van der Waals surface area contributed by atoms with Gasteiger partial charge in [-0.05, 0) is 0 Å². The van der Waals surface area contributed by atoms with Gasteiger partial charge in [-0.3, -0.25) is 0 Å². The summed E-state index contributed by atoms with van der Waals surface area (Å²) in [5.41, 5.74) is 0. The standard InChI is InChI=1S/C4H12NO8S4.2H2O/c1-14(6,7)5(15(2,8)9,16(3,10)11)17(4,12)13;;/h1-4H3;2*1H2/q+1;;/p-1. The molecule has 0 bridgehead atoms. The summed E-state index contributed by atoms with van der Waals surface area (Å²) in [6.45, 7) is 0. The van der Waals surface area contributed by atoms with Crippen LogP contribution in [0.5, 0.6) is 0 Å². The van der Waals surface area contributed by atoms with E-state index >= 15 is 0 Å². The van der Waals surface area contributed by atoms with E-state index in [9.17, 15) is 33.7 Å². The van der Waals surface area contributed by atoms with Gasteiger partial charge < -0.3 is 11.0 Å². The van der Waals surface area contributed by atoms with E-state index in [4.69, 9.17) is 0 Å². The van der Waals surface area contributed by atoms with Crippen LogP contribution in [0.4, 0.5) is 0 Å². The first-order valence-corrected chi connectivity index (χ1v) is 11.1. The molecule has 0 rings (SSSR count). The van der Waals surface area contributed by atoms with Crippen molar-refractivity contribution in [2.75, 3.05) is 25.0 Å². The van der Waals surface area contributed by atoms with Crippen LogP contribution in [0.2, 0.25) is 0 Å². The molecular formula is C4H15NO10S4. The summed E-state index contributed by atoms with van der Waals surface area (Å²) in [5, 5.41) is 0. The third-order valence-corrected chi connectivity index (χ3v) is 14.6. The maximum absolute atomic E-state index is 11.4. The van der Waals surface area contributed by atoms with Crippen LogP contribution in [0.1, 0.15) is 0 Å². The van der Waals surface area contributed by atoms with Crippen molar-refractivity contribution in [2.24, 2.45) is 0 Å². The fourth-order valence-electron chi connectivity index (χ4n) is 1.48. The first-order chi connectivity index (χ1) is 7.00. The van der Waals surface area contributed by atoms with Gasteiger partial charge >= 0.3 is 40.1 Å². The lowest BCUT2D eigenvalue weighted by atomic mass is 12.0. The summed E-state index contributed by atoms with van der Waals surface area (Å²) in [7, 11) is -20.1. The smallest absolute Gasteiger partial charge is 0.338 e. The molecule has 120 valence electrons. The van der Waals surface area contributed by atoms with Crippen molar-refractivity contribution in [1.82, 2.24) is 0 Å². The molecule has 0 aromatic carbocycles. The molecule has 3 N–H and O–H groups in total. The summed E-state index contributed by atoms with van der Waals surface area (Å²) >= 11 is 0.